The van der Waals surface area contributed by atoms with E-state index in [1.807, 2.05) is 30.3 Å². The van der Waals surface area contributed by atoms with Crippen LogP contribution in [0.5, 0.6) is 5.75 Å². The third-order valence-electron chi connectivity index (χ3n) is 4.57. The fourth-order valence-electron chi connectivity index (χ4n) is 3.08. The first-order chi connectivity index (χ1) is 12.1. The molecule has 1 fully saturated rings. The van der Waals surface area contributed by atoms with Crippen molar-refractivity contribution in [1.29, 1.82) is 0 Å². The monoisotopic (exact) mass is 340 g/mol. The van der Waals surface area contributed by atoms with E-state index in [0.29, 0.717) is 18.5 Å². The number of benzene rings is 2. The zero-order chi connectivity index (χ0) is 17.6. The highest BCUT2D eigenvalue weighted by Crippen LogP contribution is 2.20. The van der Waals surface area contributed by atoms with E-state index in [1.54, 1.807) is 18.2 Å². The van der Waals surface area contributed by atoms with Crippen molar-refractivity contribution in [3.05, 3.63) is 59.7 Å². The van der Waals surface area contributed by atoms with Crippen molar-refractivity contribution in [1.82, 2.24) is 5.32 Å². The van der Waals surface area contributed by atoms with Crippen LogP contribution in [0, 0.1) is 0 Å². The summed E-state index contributed by atoms with van der Waals surface area (Å²) < 4.78 is 0. The van der Waals surface area contributed by atoms with Gasteiger partial charge in [0.15, 0.2) is 0 Å². The number of hydrogen-bond acceptors (Lipinski definition) is 4. The van der Waals surface area contributed by atoms with Crippen molar-refractivity contribution in [2.45, 2.75) is 25.4 Å². The molecular formula is C20H24N2O3. The van der Waals surface area contributed by atoms with E-state index < -0.39 is 0 Å². The van der Waals surface area contributed by atoms with Gasteiger partial charge in [0, 0.05) is 30.9 Å². The average molecular weight is 340 g/mol. The SMILES string of the molecule is O=C(NCCc1cccc(O)c1)c1ccc(N2CCC(O)CC2)cc1. The molecule has 0 bridgehead atoms. The smallest absolute Gasteiger partial charge is 0.251 e. The molecule has 1 aliphatic rings. The lowest BCUT2D eigenvalue weighted by Crippen LogP contribution is -2.35. The highest BCUT2D eigenvalue weighted by Gasteiger charge is 2.17. The van der Waals surface area contributed by atoms with Gasteiger partial charge in [-0.05, 0) is 61.2 Å². The highest BCUT2D eigenvalue weighted by atomic mass is 16.3. The summed E-state index contributed by atoms with van der Waals surface area (Å²) in [6.45, 7) is 2.21. The predicted octanol–water partition coefficient (Wildman–Crippen LogP) is 2.33. The van der Waals surface area contributed by atoms with Gasteiger partial charge in [0.05, 0.1) is 6.10 Å². The summed E-state index contributed by atoms with van der Waals surface area (Å²) in [5, 5.41) is 21.9. The minimum Gasteiger partial charge on any atom is -0.508 e. The van der Waals surface area contributed by atoms with E-state index in [0.717, 1.165) is 37.2 Å². The van der Waals surface area contributed by atoms with Gasteiger partial charge in [-0.25, -0.2) is 0 Å². The summed E-state index contributed by atoms with van der Waals surface area (Å²) >= 11 is 0. The Morgan fingerprint density at radius 3 is 2.52 bits per heavy atom. The minimum atomic E-state index is -0.187. The largest absolute Gasteiger partial charge is 0.508 e. The molecule has 0 aromatic heterocycles. The van der Waals surface area contributed by atoms with Gasteiger partial charge in [-0.15, -0.1) is 0 Å². The minimum absolute atomic E-state index is 0.0965. The molecule has 0 spiro atoms. The quantitative estimate of drug-likeness (QED) is 0.781. The summed E-state index contributed by atoms with van der Waals surface area (Å²) in [5.74, 6) is 0.144. The summed E-state index contributed by atoms with van der Waals surface area (Å²) in [6.07, 6.45) is 2.07. The zero-order valence-electron chi connectivity index (χ0n) is 14.2. The molecule has 3 N–H and O–H groups in total. The zero-order valence-corrected chi connectivity index (χ0v) is 14.2. The summed E-state index contributed by atoms with van der Waals surface area (Å²) in [5.41, 5.74) is 2.71. The number of aromatic hydroxyl groups is 1. The molecule has 1 saturated heterocycles. The number of nitrogens with one attached hydrogen (secondary N) is 1. The van der Waals surface area contributed by atoms with E-state index in [9.17, 15) is 15.0 Å². The van der Waals surface area contributed by atoms with E-state index in [-0.39, 0.29) is 17.8 Å². The van der Waals surface area contributed by atoms with Gasteiger partial charge in [0.25, 0.3) is 5.91 Å². The molecule has 5 heteroatoms. The van der Waals surface area contributed by atoms with Crippen LogP contribution in [0.2, 0.25) is 0 Å². The second kappa shape index (κ2) is 8.03. The Kier molecular flexibility index (Phi) is 5.56. The number of carbonyl (C=O) groups excluding carboxylic acids is 1. The van der Waals surface area contributed by atoms with Crippen molar-refractivity contribution in [3.63, 3.8) is 0 Å². The number of anilines is 1. The maximum atomic E-state index is 12.2. The van der Waals surface area contributed by atoms with Crippen molar-refractivity contribution in [2.24, 2.45) is 0 Å². The van der Waals surface area contributed by atoms with Gasteiger partial charge in [0.1, 0.15) is 5.75 Å². The maximum absolute atomic E-state index is 12.2. The second-order valence-corrected chi connectivity index (χ2v) is 6.44. The number of rotatable bonds is 5. The van der Waals surface area contributed by atoms with E-state index >= 15 is 0 Å². The lowest BCUT2D eigenvalue weighted by Gasteiger charge is -2.31. The Morgan fingerprint density at radius 1 is 1.12 bits per heavy atom. The van der Waals surface area contributed by atoms with Crippen molar-refractivity contribution in [3.8, 4) is 5.75 Å². The van der Waals surface area contributed by atoms with Crippen molar-refractivity contribution in [2.75, 3.05) is 24.5 Å². The summed E-state index contributed by atoms with van der Waals surface area (Å²) in [6, 6.07) is 14.7. The fourth-order valence-corrected chi connectivity index (χ4v) is 3.08. The van der Waals surface area contributed by atoms with Gasteiger partial charge < -0.3 is 20.4 Å². The Bertz CT molecular complexity index is 707. The molecule has 0 aliphatic carbocycles. The van der Waals surface area contributed by atoms with Crippen LogP contribution in [0.15, 0.2) is 48.5 Å². The molecule has 2 aromatic carbocycles. The standard InChI is InChI=1S/C20H24N2O3/c23-18-9-12-22(13-10-18)17-6-4-16(5-7-17)20(25)21-11-8-15-2-1-3-19(24)14-15/h1-7,14,18,23-24H,8-13H2,(H,21,25). The van der Waals surface area contributed by atoms with Crippen LogP contribution in [-0.4, -0.2) is 41.9 Å². The van der Waals surface area contributed by atoms with Crippen molar-refractivity contribution >= 4 is 11.6 Å². The number of piperidine rings is 1. The Balaban J connectivity index is 1.50. The topological polar surface area (TPSA) is 72.8 Å². The van der Waals surface area contributed by atoms with E-state index in [2.05, 4.69) is 10.2 Å². The van der Waals surface area contributed by atoms with Gasteiger partial charge in [-0.3, -0.25) is 4.79 Å². The molecule has 5 nitrogen and oxygen atoms in total. The maximum Gasteiger partial charge on any atom is 0.251 e. The molecule has 0 atom stereocenters. The van der Waals surface area contributed by atoms with Crippen LogP contribution >= 0.6 is 0 Å². The number of aliphatic hydroxyl groups excluding tert-OH is 1. The van der Waals surface area contributed by atoms with E-state index in [1.165, 1.54) is 0 Å². The first-order valence-corrected chi connectivity index (χ1v) is 8.71. The first kappa shape index (κ1) is 17.3. The lowest BCUT2D eigenvalue weighted by atomic mass is 10.1. The number of phenols is 1. The Labute approximate surface area is 147 Å². The molecule has 1 aliphatic heterocycles. The third-order valence-corrected chi connectivity index (χ3v) is 4.57. The Morgan fingerprint density at radius 2 is 1.84 bits per heavy atom. The van der Waals surface area contributed by atoms with Gasteiger partial charge >= 0.3 is 0 Å². The molecular weight excluding hydrogens is 316 g/mol. The van der Waals surface area contributed by atoms with Crippen LogP contribution in [0.4, 0.5) is 5.69 Å². The Hall–Kier alpha value is -2.53. The summed E-state index contributed by atoms with van der Waals surface area (Å²) in [4.78, 5) is 14.5. The van der Waals surface area contributed by atoms with Gasteiger partial charge in [-0.1, -0.05) is 12.1 Å². The fraction of sp³-hybridized carbons (Fsp3) is 0.350. The van der Waals surface area contributed by atoms with Gasteiger partial charge in [-0.2, -0.15) is 0 Å². The first-order valence-electron chi connectivity index (χ1n) is 8.71. The summed E-state index contributed by atoms with van der Waals surface area (Å²) in [7, 11) is 0. The number of amides is 1. The molecule has 1 heterocycles. The average Bonchev–Trinajstić information content (AvgIpc) is 2.62. The number of hydrogen-bond donors (Lipinski definition) is 3. The number of nitrogens with zero attached hydrogens (tertiary/aromatic N) is 1. The molecule has 0 saturated carbocycles. The van der Waals surface area contributed by atoms with Gasteiger partial charge in [0.2, 0.25) is 0 Å². The highest BCUT2D eigenvalue weighted by molar-refractivity contribution is 5.94. The van der Waals surface area contributed by atoms with Crippen LogP contribution in [-0.2, 0) is 6.42 Å². The molecule has 2 aromatic rings. The van der Waals surface area contributed by atoms with Crippen LogP contribution < -0.4 is 10.2 Å². The lowest BCUT2D eigenvalue weighted by molar-refractivity contribution is 0.0954. The molecule has 0 radical (unpaired) electrons. The molecule has 25 heavy (non-hydrogen) atoms. The third kappa shape index (κ3) is 4.73. The van der Waals surface area contributed by atoms with Crippen molar-refractivity contribution < 1.29 is 15.0 Å². The van der Waals surface area contributed by atoms with E-state index in [4.69, 9.17) is 0 Å². The molecule has 1 amide bonds. The normalized spacial score (nSPS) is 15.2. The molecule has 0 unspecified atom stereocenters. The second-order valence-electron chi connectivity index (χ2n) is 6.44. The number of aliphatic hydroxyl groups is 1. The van der Waals surface area contributed by atoms with Crippen LogP contribution in [0.1, 0.15) is 28.8 Å². The molecule has 132 valence electrons. The number of carbonyl (C=O) groups is 1. The van der Waals surface area contributed by atoms with Crippen LogP contribution in [0.25, 0.3) is 0 Å². The van der Waals surface area contributed by atoms with Crippen LogP contribution in [0.3, 0.4) is 0 Å². The number of phenolic OH excluding ortho intramolecular Hbond substituents is 1. The predicted molar refractivity (Wildman–Crippen MR) is 98.0 cm³/mol. The molecule has 3 rings (SSSR count).